The van der Waals surface area contributed by atoms with Gasteiger partial charge in [-0.1, -0.05) is 69.5 Å². The van der Waals surface area contributed by atoms with Crippen LogP contribution in [0.2, 0.25) is 0 Å². The number of aliphatic hydroxyl groups is 8. The Kier molecular flexibility index (Phi) is 22.7. The van der Waals surface area contributed by atoms with E-state index in [1.54, 1.807) is 24.3 Å². The summed E-state index contributed by atoms with van der Waals surface area (Å²) < 4.78 is 6.13. The molecule has 0 radical (unpaired) electrons. The first-order valence-corrected chi connectivity index (χ1v) is 28.9. The highest BCUT2D eigenvalue weighted by atomic mass is 16.5. The molecule has 0 aliphatic carbocycles. The van der Waals surface area contributed by atoms with Gasteiger partial charge in [-0.2, -0.15) is 0 Å². The SMILES string of the molecule is CCCCCCN1CCC(CCOc2ccc(-c3ccc(NC4CC(O)C(O)NC(=O)C5C(O)C(C)CN5C(=O)C(C(C)O)NC(=O)C(C(O)C(O)c5ccc(O)cc5)NC(=O)C5CC(O)CN5C(=O)C(C(C)O)NC4=O)cc3)cc2)CC1. The van der Waals surface area contributed by atoms with Crippen molar-refractivity contribution in [3.05, 3.63) is 78.4 Å². The molecule has 7 rings (SSSR count). The van der Waals surface area contributed by atoms with E-state index in [1.807, 2.05) is 24.3 Å². The van der Waals surface area contributed by atoms with E-state index in [0.717, 1.165) is 53.1 Å². The molecule has 83 heavy (non-hydrogen) atoms. The number of aromatic hydroxyl groups is 1. The fourth-order valence-corrected chi connectivity index (χ4v) is 11.3. The first kappa shape index (κ1) is 64.1. The minimum absolute atomic E-state index is 0.0519. The number of unbranched alkanes of at least 4 members (excludes halogenated alkanes) is 3. The van der Waals surface area contributed by atoms with Gasteiger partial charge in [0.1, 0.15) is 66.1 Å². The van der Waals surface area contributed by atoms with Crippen LogP contribution in [0.3, 0.4) is 0 Å². The quantitative estimate of drug-likeness (QED) is 0.0764. The molecule has 3 aromatic carbocycles. The van der Waals surface area contributed by atoms with Crippen LogP contribution in [0.25, 0.3) is 11.1 Å². The zero-order valence-corrected chi connectivity index (χ0v) is 47.5. The van der Waals surface area contributed by atoms with Gasteiger partial charge in [-0.25, -0.2) is 0 Å². The number of carbonyl (C=O) groups excluding carboxylic acids is 6. The zero-order valence-electron chi connectivity index (χ0n) is 47.5. The van der Waals surface area contributed by atoms with Gasteiger partial charge in [0.15, 0.2) is 6.23 Å². The fraction of sp³-hybridized carbons (Fsp3) is 0.593. The number of rotatable bonds is 17. The number of phenols is 1. The first-order valence-electron chi connectivity index (χ1n) is 28.9. The second kappa shape index (κ2) is 29.4. The van der Waals surface area contributed by atoms with Gasteiger partial charge in [0.2, 0.25) is 35.4 Å². The molecule has 456 valence electrons. The highest BCUT2D eigenvalue weighted by Crippen LogP contribution is 2.30. The highest BCUT2D eigenvalue weighted by molar-refractivity contribution is 5.98. The standard InChI is InChI=1S/C59H84N8O16/c1-5-6-7-8-24-65-25-21-35(22-26-65)23-27-83-42-19-13-37(14-20-42)36-9-15-39(16-10-36)60-43-29-45(72)55(78)64-57(80)49-50(73)32(2)30-67(49)59(82)47(34(4)69)62-56(79)48(52(75)51(74)38-11-17-40(70)18-12-38)63-54(77)44-28-41(71)31-66(44)58(81)46(33(3)68)61-53(43)76/h9-20,32-35,41,43-52,55,60,68-75,78H,5-8,21-31H2,1-4H3,(H,61,76)(H,62,79)(H,63,77)(H,64,80). The lowest BCUT2D eigenvalue weighted by molar-refractivity contribution is -0.148. The third kappa shape index (κ3) is 16.5. The van der Waals surface area contributed by atoms with Crippen LogP contribution in [0.15, 0.2) is 72.8 Å². The molecule has 6 amide bonds. The number of likely N-dealkylation sites (tertiary alicyclic amines) is 1. The van der Waals surface area contributed by atoms with Crippen LogP contribution in [0, 0.1) is 11.8 Å². The summed E-state index contributed by atoms with van der Waals surface area (Å²) in [6, 6.07) is 8.15. The van der Waals surface area contributed by atoms with Crippen LogP contribution in [0.4, 0.5) is 5.69 Å². The topological polar surface area (TPSA) is 364 Å². The number of nitrogens with one attached hydrogen (secondary N) is 5. The maximum Gasteiger partial charge on any atom is 0.248 e. The number of hydrogen-bond donors (Lipinski definition) is 14. The minimum Gasteiger partial charge on any atom is -0.508 e. The van der Waals surface area contributed by atoms with Gasteiger partial charge >= 0.3 is 0 Å². The number of phenolic OH excluding ortho intramolecular Hbond substituents is 1. The van der Waals surface area contributed by atoms with Gasteiger partial charge in [0.25, 0.3) is 0 Å². The molecule has 4 aliphatic heterocycles. The molecule has 4 saturated heterocycles. The number of carbonyl (C=O) groups is 6. The second-order valence-electron chi connectivity index (χ2n) is 22.8. The Labute approximate surface area is 483 Å². The Morgan fingerprint density at radius 2 is 1.25 bits per heavy atom. The summed E-state index contributed by atoms with van der Waals surface area (Å²) in [5, 5.41) is 112. The van der Waals surface area contributed by atoms with E-state index in [4.69, 9.17) is 4.74 Å². The average molecular weight is 1160 g/mol. The van der Waals surface area contributed by atoms with Gasteiger partial charge < -0.3 is 92.0 Å². The molecule has 14 N–H and O–H groups in total. The van der Waals surface area contributed by atoms with Crippen molar-refractivity contribution in [1.82, 2.24) is 36.0 Å². The van der Waals surface area contributed by atoms with E-state index in [1.165, 1.54) is 83.2 Å². The molecule has 24 heteroatoms. The number of ether oxygens (including phenoxy) is 1. The van der Waals surface area contributed by atoms with Crippen molar-refractivity contribution < 1.29 is 79.5 Å². The van der Waals surface area contributed by atoms with Crippen LogP contribution in [0.1, 0.15) is 97.1 Å². The maximum absolute atomic E-state index is 14.5. The number of nitrogens with zero attached hydrogens (tertiary/aromatic N) is 3. The maximum atomic E-state index is 14.5. The fourth-order valence-electron chi connectivity index (χ4n) is 11.3. The first-order chi connectivity index (χ1) is 39.5. The largest absolute Gasteiger partial charge is 0.508 e. The molecule has 24 nitrogen and oxygen atoms in total. The van der Waals surface area contributed by atoms with E-state index in [0.29, 0.717) is 18.2 Å². The molecule has 4 heterocycles. The van der Waals surface area contributed by atoms with Gasteiger partial charge in [0.05, 0.1) is 31.0 Å². The minimum atomic E-state index is -2.26. The third-order valence-electron chi connectivity index (χ3n) is 16.4. The Hall–Kier alpha value is -6.48. The molecule has 0 aromatic heterocycles. The highest BCUT2D eigenvalue weighted by Gasteiger charge is 2.50. The van der Waals surface area contributed by atoms with Gasteiger partial charge in [-0.3, -0.25) is 28.8 Å². The smallest absolute Gasteiger partial charge is 0.248 e. The molecule has 15 atom stereocenters. The summed E-state index contributed by atoms with van der Waals surface area (Å²) >= 11 is 0. The van der Waals surface area contributed by atoms with E-state index in [9.17, 15) is 74.7 Å². The van der Waals surface area contributed by atoms with E-state index < -0.39 is 146 Å². The van der Waals surface area contributed by atoms with Crippen LogP contribution in [-0.4, -0.2) is 215 Å². The monoisotopic (exact) mass is 1160 g/mol. The summed E-state index contributed by atoms with van der Waals surface area (Å²) in [6.07, 6.45) is -7.62. The summed E-state index contributed by atoms with van der Waals surface area (Å²) in [4.78, 5) is 90.5. The van der Waals surface area contributed by atoms with E-state index in [-0.39, 0.29) is 17.9 Å². The number of aliphatic hydroxyl groups excluding tert-OH is 8. The Morgan fingerprint density at radius 1 is 0.663 bits per heavy atom. The number of piperidine rings is 1. The molecular formula is C59H84N8O16. The average Bonchev–Trinajstić information content (AvgIpc) is 3.75. The molecule has 0 bridgehead atoms. The van der Waals surface area contributed by atoms with Crippen molar-refractivity contribution in [2.45, 2.75) is 171 Å². The lowest BCUT2D eigenvalue weighted by Gasteiger charge is -2.34. The molecule has 4 aliphatic rings. The summed E-state index contributed by atoms with van der Waals surface area (Å²) in [5.41, 5.74) is 1.90. The van der Waals surface area contributed by atoms with Crippen LogP contribution in [0.5, 0.6) is 11.5 Å². The number of amides is 6. The van der Waals surface area contributed by atoms with Crippen molar-refractivity contribution in [3.8, 4) is 22.6 Å². The van der Waals surface area contributed by atoms with Crippen molar-refractivity contribution in [1.29, 1.82) is 0 Å². The zero-order chi connectivity index (χ0) is 60.2. The van der Waals surface area contributed by atoms with Crippen LogP contribution >= 0.6 is 0 Å². The lowest BCUT2D eigenvalue weighted by atomic mass is 9.94. The van der Waals surface area contributed by atoms with Gasteiger partial charge in [-0.15, -0.1) is 0 Å². The summed E-state index contributed by atoms with van der Waals surface area (Å²) in [7, 11) is 0. The van der Waals surface area contributed by atoms with Crippen molar-refractivity contribution >= 4 is 41.1 Å². The number of anilines is 1. The molecular weight excluding hydrogens is 1080 g/mol. The Morgan fingerprint density at radius 3 is 1.87 bits per heavy atom. The van der Waals surface area contributed by atoms with Crippen LogP contribution < -0.4 is 31.3 Å². The Balaban J connectivity index is 1.12. The van der Waals surface area contributed by atoms with Crippen molar-refractivity contribution in [2.24, 2.45) is 11.8 Å². The van der Waals surface area contributed by atoms with Crippen LogP contribution in [-0.2, 0) is 28.8 Å². The van der Waals surface area contributed by atoms with E-state index in [2.05, 4.69) is 38.4 Å². The van der Waals surface area contributed by atoms with Gasteiger partial charge in [-0.05, 0) is 118 Å². The Bertz CT molecular complexity index is 2640. The molecule has 15 unspecified atom stereocenters. The molecule has 4 fully saturated rings. The third-order valence-corrected chi connectivity index (χ3v) is 16.4. The molecule has 0 spiro atoms. The molecule has 3 aromatic rings. The normalized spacial score (nSPS) is 29.0. The summed E-state index contributed by atoms with van der Waals surface area (Å²) in [5.74, 6) is -6.68. The number of fused-ring (bicyclic) bond motifs is 2. The van der Waals surface area contributed by atoms with E-state index >= 15 is 0 Å². The summed E-state index contributed by atoms with van der Waals surface area (Å²) in [6.45, 7) is 9.17. The second-order valence-corrected chi connectivity index (χ2v) is 22.8. The predicted molar refractivity (Wildman–Crippen MR) is 303 cm³/mol. The molecule has 0 saturated carbocycles. The van der Waals surface area contributed by atoms with Gasteiger partial charge in [0, 0.05) is 37.5 Å². The van der Waals surface area contributed by atoms with Crippen molar-refractivity contribution in [3.63, 3.8) is 0 Å². The lowest BCUT2D eigenvalue weighted by Crippen LogP contribution is -2.64. The predicted octanol–water partition coefficient (Wildman–Crippen LogP) is -0.420. The van der Waals surface area contributed by atoms with Crippen molar-refractivity contribution in [2.75, 3.05) is 44.6 Å². The number of hydrogen-bond acceptors (Lipinski definition) is 18. The number of benzene rings is 3.